The van der Waals surface area contributed by atoms with E-state index in [1.807, 2.05) is 4.90 Å². The maximum Gasteiger partial charge on any atom is 0.263 e. The molecule has 1 fully saturated rings. The number of hydrogen-bond acceptors (Lipinski definition) is 6. The van der Waals surface area contributed by atoms with Crippen LogP contribution in [0.5, 0.6) is 17.2 Å². The van der Waals surface area contributed by atoms with Gasteiger partial charge < -0.3 is 19.1 Å². The summed E-state index contributed by atoms with van der Waals surface area (Å²) in [5.41, 5.74) is 0. The van der Waals surface area contributed by atoms with Crippen molar-refractivity contribution < 1.29 is 19.0 Å². The van der Waals surface area contributed by atoms with Crippen LogP contribution in [-0.2, 0) is 4.79 Å². The number of benzene rings is 1. The largest absolute Gasteiger partial charge is 0.481 e. The van der Waals surface area contributed by atoms with Crippen molar-refractivity contribution in [2.75, 3.05) is 19.9 Å². The first-order valence-corrected chi connectivity index (χ1v) is 8.41. The van der Waals surface area contributed by atoms with Gasteiger partial charge in [-0.15, -0.1) is 0 Å². The molecule has 1 atom stereocenters. The number of hydrogen-bond donors (Lipinski definition) is 0. The zero-order chi connectivity index (χ0) is 17.2. The third kappa shape index (κ3) is 3.24. The predicted octanol–water partition coefficient (Wildman–Crippen LogP) is 1.64. The summed E-state index contributed by atoms with van der Waals surface area (Å²) in [6, 6.07) is 5.58. The molecule has 8 heteroatoms. The summed E-state index contributed by atoms with van der Waals surface area (Å²) in [6.45, 7) is 3.35. The Bertz CT molecular complexity index is 741. The molecule has 0 bridgehead atoms. The molecule has 0 saturated carbocycles. The lowest BCUT2D eigenvalue weighted by Gasteiger charge is -2.33. The molecule has 1 amide bonds. The Hall–Kier alpha value is -2.77. The fourth-order valence-corrected chi connectivity index (χ4v) is 3.19. The van der Waals surface area contributed by atoms with Crippen LogP contribution in [0.3, 0.4) is 0 Å². The van der Waals surface area contributed by atoms with E-state index in [9.17, 15) is 4.79 Å². The molecule has 1 aromatic carbocycles. The van der Waals surface area contributed by atoms with Gasteiger partial charge in [0.2, 0.25) is 6.79 Å². The minimum absolute atomic E-state index is 0.00968. The van der Waals surface area contributed by atoms with Crippen LogP contribution in [0.15, 0.2) is 30.6 Å². The highest BCUT2D eigenvalue weighted by Crippen LogP contribution is 2.35. The Morgan fingerprint density at radius 3 is 2.68 bits per heavy atom. The van der Waals surface area contributed by atoms with Gasteiger partial charge in [-0.3, -0.25) is 4.79 Å². The second-order valence-electron chi connectivity index (χ2n) is 6.18. The lowest BCUT2D eigenvalue weighted by atomic mass is 10.1. The summed E-state index contributed by atoms with van der Waals surface area (Å²) in [5, 5.41) is 8.37. The van der Waals surface area contributed by atoms with Crippen molar-refractivity contribution in [1.29, 1.82) is 0 Å². The maximum absolute atomic E-state index is 12.6. The molecule has 25 heavy (non-hydrogen) atoms. The summed E-state index contributed by atoms with van der Waals surface area (Å²) in [4.78, 5) is 16.2. The second-order valence-corrected chi connectivity index (χ2v) is 6.18. The molecule has 3 heterocycles. The van der Waals surface area contributed by atoms with E-state index in [-0.39, 0.29) is 18.7 Å². The van der Waals surface area contributed by atoms with E-state index in [0.29, 0.717) is 30.3 Å². The van der Waals surface area contributed by atoms with Crippen LogP contribution in [0.25, 0.3) is 0 Å². The third-order valence-electron chi connectivity index (χ3n) is 4.54. The Labute approximate surface area is 145 Å². The molecule has 0 N–H and O–H groups in total. The molecule has 1 saturated heterocycles. The van der Waals surface area contributed by atoms with Crippen molar-refractivity contribution >= 4 is 5.91 Å². The van der Waals surface area contributed by atoms with Crippen molar-refractivity contribution in [1.82, 2.24) is 19.9 Å². The molecule has 4 rings (SSSR count). The van der Waals surface area contributed by atoms with Crippen molar-refractivity contribution in [2.24, 2.45) is 0 Å². The normalized spacial score (nSPS) is 18.2. The van der Waals surface area contributed by atoms with Gasteiger partial charge in [0.15, 0.2) is 17.6 Å². The van der Waals surface area contributed by atoms with Crippen molar-refractivity contribution in [2.45, 2.75) is 31.9 Å². The van der Waals surface area contributed by atoms with Crippen molar-refractivity contribution in [3.05, 3.63) is 30.6 Å². The van der Waals surface area contributed by atoms with E-state index in [0.717, 1.165) is 12.8 Å². The standard InChI is InChI=1S/C17H20N4O4/c1-12(25-14-2-3-15-16(10-14)24-11-23-15)17(22)20-8-4-13(5-9-20)21-18-6-7-19-21/h2-3,6-7,10,12-13H,4-5,8-9,11H2,1H3. The lowest BCUT2D eigenvalue weighted by molar-refractivity contribution is -0.139. The first-order valence-electron chi connectivity index (χ1n) is 8.41. The number of amides is 1. The highest BCUT2D eigenvalue weighted by atomic mass is 16.7. The van der Waals surface area contributed by atoms with Gasteiger partial charge in [-0.25, -0.2) is 0 Å². The van der Waals surface area contributed by atoms with Gasteiger partial charge in [-0.1, -0.05) is 0 Å². The smallest absolute Gasteiger partial charge is 0.263 e. The van der Waals surface area contributed by atoms with Crippen LogP contribution in [0.4, 0.5) is 0 Å². The summed E-state index contributed by atoms with van der Waals surface area (Å²) >= 11 is 0. The number of likely N-dealkylation sites (tertiary alicyclic amines) is 1. The van der Waals surface area contributed by atoms with Gasteiger partial charge in [0.05, 0.1) is 18.4 Å². The van der Waals surface area contributed by atoms with Gasteiger partial charge in [-0.2, -0.15) is 15.0 Å². The molecule has 2 aliphatic heterocycles. The third-order valence-corrected chi connectivity index (χ3v) is 4.54. The summed E-state index contributed by atoms with van der Waals surface area (Å²) in [7, 11) is 0. The monoisotopic (exact) mass is 344 g/mol. The zero-order valence-corrected chi connectivity index (χ0v) is 14.0. The van der Waals surface area contributed by atoms with E-state index < -0.39 is 6.10 Å². The molecular weight excluding hydrogens is 324 g/mol. The van der Waals surface area contributed by atoms with Gasteiger partial charge in [0.1, 0.15) is 5.75 Å². The van der Waals surface area contributed by atoms with E-state index in [1.54, 1.807) is 42.3 Å². The zero-order valence-electron chi connectivity index (χ0n) is 14.0. The number of rotatable bonds is 4. The Balaban J connectivity index is 1.33. The van der Waals surface area contributed by atoms with E-state index in [2.05, 4.69) is 10.2 Å². The van der Waals surface area contributed by atoms with E-state index >= 15 is 0 Å². The molecule has 8 nitrogen and oxygen atoms in total. The number of nitrogens with zero attached hydrogens (tertiary/aromatic N) is 4. The fraction of sp³-hybridized carbons (Fsp3) is 0.471. The number of aromatic nitrogens is 3. The molecule has 0 radical (unpaired) electrons. The first kappa shape index (κ1) is 15.7. The number of piperidine rings is 1. The van der Waals surface area contributed by atoms with Gasteiger partial charge in [-0.05, 0) is 31.9 Å². The average Bonchev–Trinajstić information content (AvgIpc) is 3.32. The molecule has 2 aromatic rings. The molecular formula is C17H20N4O4. The summed E-state index contributed by atoms with van der Waals surface area (Å²) < 4.78 is 16.4. The van der Waals surface area contributed by atoms with Gasteiger partial charge in [0.25, 0.3) is 5.91 Å². The topological polar surface area (TPSA) is 78.7 Å². The predicted molar refractivity (Wildman–Crippen MR) is 87.5 cm³/mol. The number of carbonyl (C=O) groups excluding carboxylic acids is 1. The Morgan fingerprint density at radius 2 is 1.92 bits per heavy atom. The van der Waals surface area contributed by atoms with Crippen LogP contribution >= 0.6 is 0 Å². The van der Waals surface area contributed by atoms with Crippen LogP contribution in [-0.4, -0.2) is 51.8 Å². The van der Waals surface area contributed by atoms with Crippen molar-refractivity contribution in [3.63, 3.8) is 0 Å². The second kappa shape index (κ2) is 6.62. The van der Waals surface area contributed by atoms with E-state index in [4.69, 9.17) is 14.2 Å². The Morgan fingerprint density at radius 1 is 1.20 bits per heavy atom. The Kier molecular flexibility index (Phi) is 4.17. The molecule has 1 unspecified atom stereocenters. The maximum atomic E-state index is 12.6. The number of fused-ring (bicyclic) bond motifs is 1. The first-order chi connectivity index (χ1) is 12.2. The van der Waals surface area contributed by atoms with Crippen LogP contribution in [0.1, 0.15) is 25.8 Å². The summed E-state index contributed by atoms with van der Waals surface area (Å²) in [6.07, 6.45) is 4.49. The SMILES string of the molecule is CC(Oc1ccc2c(c1)OCO2)C(=O)N1CCC(n2nccn2)CC1. The molecule has 1 aromatic heterocycles. The minimum atomic E-state index is -0.556. The quantitative estimate of drug-likeness (QED) is 0.839. The van der Waals surface area contributed by atoms with E-state index in [1.165, 1.54) is 0 Å². The average molecular weight is 344 g/mol. The molecule has 0 spiro atoms. The highest BCUT2D eigenvalue weighted by molar-refractivity contribution is 5.81. The number of ether oxygens (including phenoxy) is 3. The van der Waals surface area contributed by atoms with Crippen LogP contribution in [0.2, 0.25) is 0 Å². The van der Waals surface area contributed by atoms with Gasteiger partial charge in [0, 0.05) is 19.2 Å². The molecule has 0 aliphatic carbocycles. The summed E-state index contributed by atoms with van der Waals surface area (Å²) in [5.74, 6) is 1.93. The van der Waals surface area contributed by atoms with Gasteiger partial charge >= 0.3 is 0 Å². The van der Waals surface area contributed by atoms with Crippen molar-refractivity contribution in [3.8, 4) is 17.2 Å². The van der Waals surface area contributed by atoms with Crippen LogP contribution < -0.4 is 14.2 Å². The fourth-order valence-electron chi connectivity index (χ4n) is 3.19. The molecule has 132 valence electrons. The molecule has 2 aliphatic rings. The highest BCUT2D eigenvalue weighted by Gasteiger charge is 2.28. The lowest BCUT2D eigenvalue weighted by Crippen LogP contribution is -2.45. The number of carbonyl (C=O) groups is 1. The van der Waals surface area contributed by atoms with Crippen LogP contribution in [0, 0.1) is 0 Å². The minimum Gasteiger partial charge on any atom is -0.481 e.